The fourth-order valence-electron chi connectivity index (χ4n) is 1.54. The predicted octanol–water partition coefficient (Wildman–Crippen LogP) is 2.47. The SMILES string of the molecule is CCCOCC(COc1ccccc1)NCC. The molecule has 1 aromatic carbocycles. The molecule has 0 aliphatic carbocycles. The Hall–Kier alpha value is -1.06. The van der Waals surface area contributed by atoms with E-state index >= 15 is 0 Å². The van der Waals surface area contributed by atoms with E-state index in [9.17, 15) is 0 Å². The van der Waals surface area contributed by atoms with E-state index in [4.69, 9.17) is 9.47 Å². The van der Waals surface area contributed by atoms with Gasteiger partial charge in [-0.2, -0.15) is 0 Å². The number of hydrogen-bond donors (Lipinski definition) is 1. The first-order chi connectivity index (χ1) is 8.36. The lowest BCUT2D eigenvalue weighted by Gasteiger charge is -2.18. The van der Waals surface area contributed by atoms with Gasteiger partial charge in [0, 0.05) is 6.61 Å². The molecule has 1 N–H and O–H groups in total. The number of ether oxygens (including phenoxy) is 2. The Morgan fingerprint density at radius 1 is 1.12 bits per heavy atom. The molecule has 0 heterocycles. The minimum absolute atomic E-state index is 0.256. The second kappa shape index (κ2) is 9.02. The molecule has 0 bridgehead atoms. The van der Waals surface area contributed by atoms with Crippen LogP contribution in [0.1, 0.15) is 20.3 Å². The summed E-state index contributed by atoms with van der Waals surface area (Å²) < 4.78 is 11.3. The number of para-hydroxylation sites is 1. The largest absolute Gasteiger partial charge is 0.492 e. The molecular formula is C14H23NO2. The number of likely N-dealkylation sites (N-methyl/N-ethyl adjacent to an activating group) is 1. The molecule has 0 amide bonds. The van der Waals surface area contributed by atoms with Crippen molar-refractivity contribution in [2.24, 2.45) is 0 Å². The van der Waals surface area contributed by atoms with Crippen molar-refractivity contribution in [3.05, 3.63) is 30.3 Å². The van der Waals surface area contributed by atoms with Gasteiger partial charge < -0.3 is 14.8 Å². The Morgan fingerprint density at radius 3 is 2.53 bits per heavy atom. The summed E-state index contributed by atoms with van der Waals surface area (Å²) in [6.45, 7) is 7.29. The zero-order valence-corrected chi connectivity index (χ0v) is 10.8. The molecule has 0 saturated carbocycles. The summed E-state index contributed by atoms with van der Waals surface area (Å²) in [6.07, 6.45) is 1.05. The molecule has 1 aromatic rings. The number of rotatable bonds is 9. The van der Waals surface area contributed by atoms with Gasteiger partial charge >= 0.3 is 0 Å². The van der Waals surface area contributed by atoms with Crippen molar-refractivity contribution in [3.8, 4) is 5.75 Å². The molecule has 17 heavy (non-hydrogen) atoms. The number of nitrogens with one attached hydrogen (secondary N) is 1. The molecule has 1 rings (SSSR count). The van der Waals surface area contributed by atoms with Crippen molar-refractivity contribution >= 4 is 0 Å². The molecule has 0 aliphatic rings. The molecule has 0 aromatic heterocycles. The highest BCUT2D eigenvalue weighted by atomic mass is 16.5. The second-order valence-electron chi connectivity index (χ2n) is 3.95. The third kappa shape index (κ3) is 6.29. The van der Waals surface area contributed by atoms with Crippen LogP contribution in [0.15, 0.2) is 30.3 Å². The van der Waals surface area contributed by atoms with Crippen LogP contribution < -0.4 is 10.1 Å². The summed E-state index contributed by atoms with van der Waals surface area (Å²) in [5.74, 6) is 0.908. The quantitative estimate of drug-likeness (QED) is 0.669. The Kier molecular flexibility index (Phi) is 7.43. The van der Waals surface area contributed by atoms with Gasteiger partial charge in [-0.15, -0.1) is 0 Å². The Bertz CT molecular complexity index is 277. The smallest absolute Gasteiger partial charge is 0.119 e. The first-order valence-electron chi connectivity index (χ1n) is 6.35. The van der Waals surface area contributed by atoms with Crippen molar-refractivity contribution in [1.82, 2.24) is 5.32 Å². The fourth-order valence-corrected chi connectivity index (χ4v) is 1.54. The molecule has 0 saturated heterocycles. The Labute approximate surface area is 104 Å². The third-order valence-electron chi connectivity index (χ3n) is 2.35. The van der Waals surface area contributed by atoms with Crippen molar-refractivity contribution in [2.75, 3.05) is 26.4 Å². The summed E-state index contributed by atoms with van der Waals surface area (Å²) in [5, 5.41) is 3.36. The van der Waals surface area contributed by atoms with E-state index in [0.717, 1.165) is 25.3 Å². The van der Waals surface area contributed by atoms with Crippen molar-refractivity contribution in [3.63, 3.8) is 0 Å². The van der Waals surface area contributed by atoms with Crippen LogP contribution in [0.5, 0.6) is 5.75 Å². The van der Waals surface area contributed by atoms with Gasteiger partial charge in [0.15, 0.2) is 0 Å². The van der Waals surface area contributed by atoms with Crippen LogP contribution in [0.3, 0.4) is 0 Å². The molecule has 1 unspecified atom stereocenters. The zero-order chi connectivity index (χ0) is 12.3. The van der Waals surface area contributed by atoms with Crippen LogP contribution in [0.4, 0.5) is 0 Å². The first kappa shape index (κ1) is 14.0. The molecule has 0 spiro atoms. The summed E-state index contributed by atoms with van der Waals surface area (Å²) in [6, 6.07) is 10.1. The summed E-state index contributed by atoms with van der Waals surface area (Å²) >= 11 is 0. The van der Waals surface area contributed by atoms with Crippen LogP contribution in [0.25, 0.3) is 0 Å². The third-order valence-corrected chi connectivity index (χ3v) is 2.35. The van der Waals surface area contributed by atoms with Crippen LogP contribution >= 0.6 is 0 Å². The maximum Gasteiger partial charge on any atom is 0.119 e. The van der Waals surface area contributed by atoms with E-state index < -0.39 is 0 Å². The van der Waals surface area contributed by atoms with Gasteiger partial charge in [0.25, 0.3) is 0 Å². The average Bonchev–Trinajstić information content (AvgIpc) is 2.37. The van der Waals surface area contributed by atoms with Gasteiger partial charge in [0.2, 0.25) is 0 Å². The van der Waals surface area contributed by atoms with Crippen LogP contribution in [0.2, 0.25) is 0 Å². The maximum atomic E-state index is 5.71. The minimum atomic E-state index is 0.256. The van der Waals surface area contributed by atoms with E-state index in [0.29, 0.717) is 13.2 Å². The summed E-state index contributed by atoms with van der Waals surface area (Å²) in [4.78, 5) is 0. The Balaban J connectivity index is 2.28. The van der Waals surface area contributed by atoms with Gasteiger partial charge in [-0.05, 0) is 25.1 Å². The van der Waals surface area contributed by atoms with Gasteiger partial charge in [0.05, 0.1) is 12.6 Å². The highest BCUT2D eigenvalue weighted by Crippen LogP contribution is 2.08. The van der Waals surface area contributed by atoms with Gasteiger partial charge in [-0.25, -0.2) is 0 Å². The average molecular weight is 237 g/mol. The van der Waals surface area contributed by atoms with Crippen LogP contribution in [0, 0.1) is 0 Å². The molecule has 3 heteroatoms. The van der Waals surface area contributed by atoms with E-state index in [2.05, 4.69) is 19.2 Å². The normalized spacial score (nSPS) is 12.4. The molecule has 3 nitrogen and oxygen atoms in total. The number of benzene rings is 1. The zero-order valence-electron chi connectivity index (χ0n) is 10.8. The first-order valence-corrected chi connectivity index (χ1v) is 6.35. The lowest BCUT2D eigenvalue weighted by Crippen LogP contribution is -2.38. The van der Waals surface area contributed by atoms with Crippen molar-refractivity contribution < 1.29 is 9.47 Å². The van der Waals surface area contributed by atoms with E-state index in [-0.39, 0.29) is 6.04 Å². The molecule has 1 atom stereocenters. The topological polar surface area (TPSA) is 30.5 Å². The maximum absolute atomic E-state index is 5.71. The molecule has 0 radical (unpaired) electrons. The lowest BCUT2D eigenvalue weighted by molar-refractivity contribution is 0.0943. The van der Waals surface area contributed by atoms with Gasteiger partial charge in [-0.3, -0.25) is 0 Å². The molecule has 96 valence electrons. The van der Waals surface area contributed by atoms with Crippen LogP contribution in [-0.2, 0) is 4.74 Å². The highest BCUT2D eigenvalue weighted by Gasteiger charge is 2.08. The van der Waals surface area contributed by atoms with E-state index in [1.165, 1.54) is 0 Å². The molecule has 0 fully saturated rings. The second-order valence-corrected chi connectivity index (χ2v) is 3.95. The standard InChI is InChI=1S/C14H23NO2/c1-3-10-16-11-13(15-4-2)12-17-14-8-6-5-7-9-14/h5-9,13,15H,3-4,10-12H2,1-2H3. The van der Waals surface area contributed by atoms with Gasteiger partial charge in [-0.1, -0.05) is 32.0 Å². The predicted molar refractivity (Wildman–Crippen MR) is 70.5 cm³/mol. The minimum Gasteiger partial charge on any atom is -0.492 e. The fraction of sp³-hybridized carbons (Fsp3) is 0.571. The number of hydrogen-bond acceptors (Lipinski definition) is 3. The lowest BCUT2D eigenvalue weighted by atomic mass is 10.3. The van der Waals surface area contributed by atoms with Gasteiger partial charge in [0.1, 0.15) is 12.4 Å². The van der Waals surface area contributed by atoms with Crippen molar-refractivity contribution in [1.29, 1.82) is 0 Å². The van der Waals surface area contributed by atoms with E-state index in [1.807, 2.05) is 30.3 Å². The highest BCUT2D eigenvalue weighted by molar-refractivity contribution is 5.20. The van der Waals surface area contributed by atoms with E-state index in [1.54, 1.807) is 0 Å². The summed E-state index contributed by atoms with van der Waals surface area (Å²) in [5.41, 5.74) is 0. The van der Waals surface area contributed by atoms with Crippen LogP contribution in [-0.4, -0.2) is 32.4 Å². The summed E-state index contributed by atoms with van der Waals surface area (Å²) in [7, 11) is 0. The Morgan fingerprint density at radius 2 is 1.88 bits per heavy atom. The monoisotopic (exact) mass is 237 g/mol. The molecular weight excluding hydrogens is 214 g/mol. The van der Waals surface area contributed by atoms with Crippen molar-refractivity contribution in [2.45, 2.75) is 26.3 Å². The molecule has 0 aliphatic heterocycles.